The molecule has 0 saturated carbocycles. The Morgan fingerprint density at radius 2 is 1.48 bits per heavy atom. The van der Waals surface area contributed by atoms with Crippen molar-refractivity contribution in [3.05, 3.63) is 65.7 Å². The van der Waals surface area contributed by atoms with Crippen molar-refractivity contribution in [1.29, 1.82) is 0 Å². The zero-order chi connectivity index (χ0) is 21.6. The summed E-state index contributed by atoms with van der Waals surface area (Å²) in [7, 11) is 0. The molecule has 0 N–H and O–H groups in total. The fourth-order valence-electron chi connectivity index (χ4n) is 4.45. The van der Waals surface area contributed by atoms with E-state index in [1.165, 1.54) is 0 Å². The van der Waals surface area contributed by atoms with E-state index in [2.05, 4.69) is 6.92 Å². The van der Waals surface area contributed by atoms with E-state index < -0.39 is 0 Å². The lowest BCUT2D eigenvalue weighted by atomic mass is 9.98. The summed E-state index contributed by atoms with van der Waals surface area (Å²) in [6.45, 7) is 6.04. The maximum absolute atomic E-state index is 12.7. The van der Waals surface area contributed by atoms with Crippen molar-refractivity contribution in [3.8, 4) is 5.75 Å². The summed E-state index contributed by atoms with van der Waals surface area (Å²) in [5, 5.41) is 0. The Morgan fingerprint density at radius 3 is 2.19 bits per heavy atom. The van der Waals surface area contributed by atoms with E-state index in [0.29, 0.717) is 18.4 Å². The van der Waals surface area contributed by atoms with E-state index >= 15 is 0 Å². The van der Waals surface area contributed by atoms with Crippen LogP contribution in [0.4, 0.5) is 0 Å². The van der Waals surface area contributed by atoms with Gasteiger partial charge in [0.05, 0.1) is 6.61 Å². The molecular weight excluding hydrogens is 388 g/mol. The molecule has 2 aromatic carbocycles. The molecule has 0 radical (unpaired) electrons. The Morgan fingerprint density at radius 1 is 0.839 bits per heavy atom. The number of carbonyl (C=O) groups excluding carboxylic acids is 2. The fraction of sp³-hybridized carbons (Fsp3) is 0.462. The molecule has 0 aromatic heterocycles. The molecule has 2 aliphatic rings. The first-order valence-corrected chi connectivity index (χ1v) is 11.5. The number of amides is 2. The van der Waals surface area contributed by atoms with Crippen LogP contribution in [0.5, 0.6) is 5.75 Å². The summed E-state index contributed by atoms with van der Waals surface area (Å²) in [5.74, 6) is 2.01. The summed E-state index contributed by atoms with van der Waals surface area (Å²) in [5.41, 5.74) is 1.46. The van der Waals surface area contributed by atoms with Crippen molar-refractivity contribution in [2.24, 2.45) is 11.8 Å². The quantitative estimate of drug-likeness (QED) is 0.716. The van der Waals surface area contributed by atoms with Gasteiger partial charge in [-0.2, -0.15) is 0 Å². The van der Waals surface area contributed by atoms with Gasteiger partial charge in [0.2, 0.25) is 0 Å². The Kier molecular flexibility index (Phi) is 6.90. The lowest BCUT2D eigenvalue weighted by Gasteiger charge is -2.32. The molecule has 0 bridgehead atoms. The molecule has 2 heterocycles. The molecule has 2 amide bonds. The van der Waals surface area contributed by atoms with Gasteiger partial charge in [0.25, 0.3) is 11.8 Å². The van der Waals surface area contributed by atoms with Gasteiger partial charge < -0.3 is 14.5 Å². The molecule has 4 rings (SSSR count). The highest BCUT2D eigenvalue weighted by Gasteiger charge is 2.25. The first-order valence-electron chi connectivity index (χ1n) is 11.5. The maximum atomic E-state index is 12.7. The van der Waals surface area contributed by atoms with E-state index in [-0.39, 0.29) is 11.8 Å². The molecule has 1 atom stereocenters. The zero-order valence-electron chi connectivity index (χ0n) is 18.3. The highest BCUT2D eigenvalue weighted by Crippen LogP contribution is 2.22. The van der Waals surface area contributed by atoms with Crippen LogP contribution in [0.1, 0.15) is 53.3 Å². The van der Waals surface area contributed by atoms with Gasteiger partial charge in [0.1, 0.15) is 5.75 Å². The highest BCUT2D eigenvalue weighted by atomic mass is 16.5. The molecule has 0 spiro atoms. The van der Waals surface area contributed by atoms with Crippen LogP contribution in [0.2, 0.25) is 0 Å². The van der Waals surface area contributed by atoms with Gasteiger partial charge in [-0.3, -0.25) is 9.59 Å². The highest BCUT2D eigenvalue weighted by molar-refractivity contribution is 5.94. The van der Waals surface area contributed by atoms with Crippen LogP contribution in [-0.4, -0.2) is 54.4 Å². The molecule has 2 aliphatic heterocycles. The summed E-state index contributed by atoms with van der Waals surface area (Å²) < 4.78 is 6.01. The predicted octanol–water partition coefficient (Wildman–Crippen LogP) is 4.49. The standard InChI is InChI=1S/C26H32N2O3/c1-20-13-16-27(17-14-20)25(29)23-9-11-24(12-10-23)31-19-21-6-5-15-28(18-21)26(30)22-7-3-2-4-8-22/h2-4,7-12,20-21H,5-6,13-19H2,1H3. The second-order valence-corrected chi connectivity index (χ2v) is 8.94. The van der Waals surface area contributed by atoms with Gasteiger partial charge in [-0.05, 0) is 68.0 Å². The number of benzene rings is 2. The number of likely N-dealkylation sites (tertiary alicyclic amines) is 2. The SMILES string of the molecule is CC1CCN(C(=O)c2ccc(OCC3CCCN(C(=O)c4ccccc4)C3)cc2)CC1. The smallest absolute Gasteiger partial charge is 0.253 e. The fourth-order valence-corrected chi connectivity index (χ4v) is 4.45. The molecule has 5 heteroatoms. The minimum atomic E-state index is 0.0975. The summed E-state index contributed by atoms with van der Waals surface area (Å²) in [6, 6.07) is 17.0. The van der Waals surface area contributed by atoms with Gasteiger partial charge in [0, 0.05) is 43.2 Å². The van der Waals surface area contributed by atoms with Crippen LogP contribution in [0.25, 0.3) is 0 Å². The van der Waals surface area contributed by atoms with Crippen molar-refractivity contribution in [3.63, 3.8) is 0 Å². The Bertz CT molecular complexity index is 873. The van der Waals surface area contributed by atoms with E-state index in [0.717, 1.165) is 68.7 Å². The molecule has 31 heavy (non-hydrogen) atoms. The third-order valence-corrected chi connectivity index (χ3v) is 6.48. The van der Waals surface area contributed by atoms with Crippen LogP contribution >= 0.6 is 0 Å². The number of hydrogen-bond donors (Lipinski definition) is 0. The molecular formula is C26H32N2O3. The number of ether oxygens (including phenoxy) is 1. The molecule has 164 valence electrons. The molecule has 2 aromatic rings. The van der Waals surface area contributed by atoms with Crippen molar-refractivity contribution in [1.82, 2.24) is 9.80 Å². The van der Waals surface area contributed by atoms with Crippen LogP contribution in [0, 0.1) is 11.8 Å². The Balaban J connectivity index is 1.28. The summed E-state index contributed by atoms with van der Waals surface area (Å²) >= 11 is 0. The van der Waals surface area contributed by atoms with E-state index in [1.54, 1.807) is 0 Å². The first-order chi connectivity index (χ1) is 15.1. The minimum Gasteiger partial charge on any atom is -0.493 e. The molecule has 0 aliphatic carbocycles. The van der Waals surface area contributed by atoms with Gasteiger partial charge >= 0.3 is 0 Å². The Hall–Kier alpha value is -2.82. The number of nitrogens with zero attached hydrogens (tertiary/aromatic N) is 2. The Labute approximate surface area is 185 Å². The topological polar surface area (TPSA) is 49.9 Å². The van der Waals surface area contributed by atoms with Crippen molar-refractivity contribution in [2.75, 3.05) is 32.8 Å². The summed E-state index contributed by atoms with van der Waals surface area (Å²) in [4.78, 5) is 29.3. The van der Waals surface area contributed by atoms with Gasteiger partial charge in [-0.1, -0.05) is 25.1 Å². The lowest BCUT2D eigenvalue weighted by molar-refractivity contribution is 0.0633. The zero-order valence-corrected chi connectivity index (χ0v) is 18.3. The largest absolute Gasteiger partial charge is 0.493 e. The third kappa shape index (κ3) is 5.46. The second kappa shape index (κ2) is 9.99. The van der Waals surface area contributed by atoms with Crippen LogP contribution in [-0.2, 0) is 0 Å². The second-order valence-electron chi connectivity index (χ2n) is 8.94. The van der Waals surface area contributed by atoms with Crippen molar-refractivity contribution in [2.45, 2.75) is 32.6 Å². The van der Waals surface area contributed by atoms with Gasteiger partial charge in [-0.15, -0.1) is 0 Å². The van der Waals surface area contributed by atoms with E-state index in [1.807, 2.05) is 64.4 Å². The number of piperidine rings is 2. The molecule has 2 saturated heterocycles. The number of rotatable bonds is 5. The maximum Gasteiger partial charge on any atom is 0.253 e. The average Bonchev–Trinajstić information content (AvgIpc) is 2.83. The minimum absolute atomic E-state index is 0.0975. The average molecular weight is 421 g/mol. The normalized spacial score (nSPS) is 19.8. The van der Waals surface area contributed by atoms with Crippen molar-refractivity contribution >= 4 is 11.8 Å². The van der Waals surface area contributed by atoms with E-state index in [9.17, 15) is 9.59 Å². The molecule has 2 fully saturated rings. The van der Waals surface area contributed by atoms with Gasteiger partial charge in [-0.25, -0.2) is 0 Å². The molecule has 5 nitrogen and oxygen atoms in total. The predicted molar refractivity (Wildman–Crippen MR) is 121 cm³/mol. The van der Waals surface area contributed by atoms with Crippen LogP contribution < -0.4 is 4.74 Å². The monoisotopic (exact) mass is 420 g/mol. The summed E-state index contributed by atoms with van der Waals surface area (Å²) in [6.07, 6.45) is 4.22. The van der Waals surface area contributed by atoms with Crippen LogP contribution in [0.3, 0.4) is 0 Å². The van der Waals surface area contributed by atoms with Crippen LogP contribution in [0.15, 0.2) is 54.6 Å². The molecule has 1 unspecified atom stereocenters. The third-order valence-electron chi connectivity index (χ3n) is 6.48. The number of hydrogen-bond acceptors (Lipinski definition) is 3. The van der Waals surface area contributed by atoms with E-state index in [4.69, 9.17) is 4.74 Å². The van der Waals surface area contributed by atoms with Crippen molar-refractivity contribution < 1.29 is 14.3 Å². The lowest BCUT2D eigenvalue weighted by Crippen LogP contribution is -2.41. The van der Waals surface area contributed by atoms with Gasteiger partial charge in [0.15, 0.2) is 0 Å². The first kappa shape index (κ1) is 21.4. The number of carbonyl (C=O) groups is 2.